The van der Waals surface area contributed by atoms with Crippen LogP contribution in [0.3, 0.4) is 0 Å². The quantitative estimate of drug-likeness (QED) is 0.892. The SMILES string of the molecule is COc1ccc(NC(=O)c2ccc(C)c(C)c2)cc1N1CCCS1(=O)=O. The normalized spacial score (nSPS) is 15.7. The number of carbonyl (C=O) groups excluding carboxylic acids is 1. The fraction of sp³-hybridized carbons (Fsp3) is 0.316. The first-order chi connectivity index (χ1) is 12.3. The van der Waals surface area contributed by atoms with Crippen molar-refractivity contribution in [3.05, 3.63) is 53.1 Å². The summed E-state index contributed by atoms with van der Waals surface area (Å²) in [5.41, 5.74) is 3.68. The van der Waals surface area contributed by atoms with Crippen molar-refractivity contribution in [3.63, 3.8) is 0 Å². The molecule has 0 radical (unpaired) electrons. The van der Waals surface area contributed by atoms with Gasteiger partial charge in [0.1, 0.15) is 5.75 Å². The maximum absolute atomic E-state index is 12.5. The van der Waals surface area contributed by atoms with Gasteiger partial charge in [-0.15, -0.1) is 0 Å². The van der Waals surface area contributed by atoms with Gasteiger partial charge in [-0.3, -0.25) is 9.10 Å². The van der Waals surface area contributed by atoms with Gasteiger partial charge in [-0.1, -0.05) is 6.07 Å². The average molecular weight is 374 g/mol. The van der Waals surface area contributed by atoms with Crippen molar-refractivity contribution in [2.45, 2.75) is 20.3 Å². The molecule has 1 heterocycles. The molecular formula is C19H22N2O4S. The van der Waals surface area contributed by atoms with E-state index >= 15 is 0 Å². The summed E-state index contributed by atoms with van der Waals surface area (Å²) in [5.74, 6) is 0.336. The minimum Gasteiger partial charge on any atom is -0.495 e. The number of nitrogens with one attached hydrogen (secondary N) is 1. The van der Waals surface area contributed by atoms with E-state index in [1.165, 1.54) is 11.4 Å². The molecule has 1 amide bonds. The summed E-state index contributed by atoms with van der Waals surface area (Å²) in [4.78, 5) is 12.5. The van der Waals surface area contributed by atoms with Crippen LogP contribution in [0.25, 0.3) is 0 Å². The summed E-state index contributed by atoms with van der Waals surface area (Å²) in [7, 11) is -1.84. The van der Waals surface area contributed by atoms with E-state index in [4.69, 9.17) is 4.74 Å². The van der Waals surface area contributed by atoms with Crippen LogP contribution in [0.1, 0.15) is 27.9 Å². The number of carbonyl (C=O) groups is 1. The van der Waals surface area contributed by atoms with Crippen LogP contribution in [-0.2, 0) is 10.0 Å². The number of ether oxygens (including phenoxy) is 1. The van der Waals surface area contributed by atoms with E-state index in [9.17, 15) is 13.2 Å². The first kappa shape index (κ1) is 18.3. The van der Waals surface area contributed by atoms with E-state index in [1.54, 1.807) is 24.3 Å². The number of benzene rings is 2. The third-order valence-corrected chi connectivity index (χ3v) is 6.43. The van der Waals surface area contributed by atoms with Crippen LogP contribution in [0.2, 0.25) is 0 Å². The number of aryl methyl sites for hydroxylation is 2. The minimum absolute atomic E-state index is 0.120. The maximum atomic E-state index is 12.5. The zero-order valence-electron chi connectivity index (χ0n) is 15.1. The number of hydrogen-bond acceptors (Lipinski definition) is 4. The lowest BCUT2D eigenvalue weighted by Gasteiger charge is -2.20. The van der Waals surface area contributed by atoms with Gasteiger partial charge in [0.15, 0.2) is 0 Å². The van der Waals surface area contributed by atoms with Gasteiger partial charge in [0.25, 0.3) is 5.91 Å². The first-order valence-corrected chi connectivity index (χ1v) is 10.00. The molecule has 0 atom stereocenters. The molecule has 0 aromatic heterocycles. The second-order valence-electron chi connectivity index (χ2n) is 6.38. The van der Waals surface area contributed by atoms with Gasteiger partial charge in [-0.25, -0.2) is 8.42 Å². The molecule has 1 aliphatic heterocycles. The van der Waals surface area contributed by atoms with Crippen LogP contribution >= 0.6 is 0 Å². The molecule has 1 N–H and O–H groups in total. The standard InChI is InChI=1S/C19H22N2O4S/c1-13-5-6-15(11-14(13)2)19(22)20-16-7-8-18(25-3)17(12-16)21-9-4-10-26(21,23)24/h5-8,11-12H,4,9-10H2,1-3H3,(H,20,22). The average Bonchev–Trinajstić information content (AvgIpc) is 2.96. The Morgan fingerprint density at radius 2 is 1.88 bits per heavy atom. The molecule has 1 saturated heterocycles. The highest BCUT2D eigenvalue weighted by Crippen LogP contribution is 2.35. The molecule has 0 spiro atoms. The zero-order chi connectivity index (χ0) is 18.9. The molecular weight excluding hydrogens is 352 g/mol. The zero-order valence-corrected chi connectivity index (χ0v) is 15.9. The van der Waals surface area contributed by atoms with Crippen molar-refractivity contribution in [1.29, 1.82) is 0 Å². The third-order valence-electron chi connectivity index (χ3n) is 4.57. The first-order valence-electron chi connectivity index (χ1n) is 8.39. The molecule has 6 nitrogen and oxygen atoms in total. The highest BCUT2D eigenvalue weighted by Gasteiger charge is 2.30. The lowest BCUT2D eigenvalue weighted by molar-refractivity contribution is 0.102. The molecule has 0 unspecified atom stereocenters. The van der Waals surface area contributed by atoms with E-state index < -0.39 is 10.0 Å². The lowest BCUT2D eigenvalue weighted by Crippen LogP contribution is -2.25. The van der Waals surface area contributed by atoms with Crippen LogP contribution in [0.5, 0.6) is 5.75 Å². The van der Waals surface area contributed by atoms with Gasteiger partial charge in [0.2, 0.25) is 10.0 Å². The van der Waals surface area contributed by atoms with E-state index in [1.807, 2.05) is 26.0 Å². The maximum Gasteiger partial charge on any atom is 0.255 e. The van der Waals surface area contributed by atoms with E-state index in [0.717, 1.165) is 11.1 Å². The number of methoxy groups -OCH3 is 1. The van der Waals surface area contributed by atoms with Crippen LogP contribution in [0, 0.1) is 13.8 Å². The van der Waals surface area contributed by atoms with Gasteiger partial charge in [-0.2, -0.15) is 0 Å². The molecule has 0 saturated carbocycles. The Labute approximate surface area is 153 Å². The topological polar surface area (TPSA) is 75.7 Å². The Morgan fingerprint density at radius 1 is 1.12 bits per heavy atom. The number of nitrogens with zero attached hydrogens (tertiary/aromatic N) is 1. The Bertz CT molecular complexity index is 954. The molecule has 7 heteroatoms. The molecule has 0 bridgehead atoms. The van der Waals surface area contributed by atoms with Crippen LogP contribution in [0.15, 0.2) is 36.4 Å². The van der Waals surface area contributed by atoms with E-state index in [2.05, 4.69) is 5.32 Å². The fourth-order valence-electron chi connectivity index (χ4n) is 2.96. The molecule has 1 fully saturated rings. The lowest BCUT2D eigenvalue weighted by atomic mass is 10.1. The molecule has 138 valence electrons. The Kier molecular flexibility index (Phi) is 4.91. The van der Waals surface area contributed by atoms with Crippen molar-refractivity contribution in [2.24, 2.45) is 0 Å². The van der Waals surface area contributed by atoms with Gasteiger partial charge in [0, 0.05) is 17.8 Å². The fourth-order valence-corrected chi connectivity index (χ4v) is 4.52. The second kappa shape index (κ2) is 6.99. The van der Waals surface area contributed by atoms with Gasteiger partial charge in [-0.05, 0) is 61.7 Å². The minimum atomic E-state index is -3.34. The predicted octanol–water partition coefficient (Wildman–Crippen LogP) is 3.10. The number of rotatable bonds is 4. The molecule has 2 aromatic carbocycles. The summed E-state index contributed by atoms with van der Waals surface area (Å²) >= 11 is 0. The highest BCUT2D eigenvalue weighted by molar-refractivity contribution is 7.93. The highest BCUT2D eigenvalue weighted by atomic mass is 32.2. The van der Waals surface area contributed by atoms with Crippen molar-refractivity contribution >= 4 is 27.3 Å². The molecule has 0 aliphatic carbocycles. The number of hydrogen-bond donors (Lipinski definition) is 1. The number of anilines is 2. The van der Waals surface area contributed by atoms with Gasteiger partial charge < -0.3 is 10.1 Å². The monoisotopic (exact) mass is 374 g/mol. The molecule has 1 aliphatic rings. The molecule has 2 aromatic rings. The van der Waals surface area contributed by atoms with Crippen molar-refractivity contribution < 1.29 is 17.9 Å². The smallest absolute Gasteiger partial charge is 0.255 e. The van der Waals surface area contributed by atoms with E-state index in [0.29, 0.717) is 35.7 Å². The third kappa shape index (κ3) is 3.53. The van der Waals surface area contributed by atoms with Crippen LogP contribution in [-0.4, -0.2) is 33.7 Å². The number of sulfonamides is 1. The second-order valence-corrected chi connectivity index (χ2v) is 8.39. The predicted molar refractivity (Wildman–Crippen MR) is 103 cm³/mol. The summed E-state index contributed by atoms with van der Waals surface area (Å²) < 4.78 is 31.1. The Morgan fingerprint density at radius 3 is 2.50 bits per heavy atom. The molecule has 3 rings (SSSR count). The van der Waals surface area contributed by atoms with Crippen LogP contribution < -0.4 is 14.4 Å². The van der Waals surface area contributed by atoms with Crippen molar-refractivity contribution in [1.82, 2.24) is 0 Å². The van der Waals surface area contributed by atoms with Crippen molar-refractivity contribution in [3.8, 4) is 5.75 Å². The van der Waals surface area contributed by atoms with Crippen LogP contribution in [0.4, 0.5) is 11.4 Å². The summed E-state index contributed by atoms with van der Waals surface area (Å²) in [6, 6.07) is 10.5. The molecule has 26 heavy (non-hydrogen) atoms. The largest absolute Gasteiger partial charge is 0.495 e. The number of amides is 1. The Balaban J connectivity index is 1.90. The Hall–Kier alpha value is -2.54. The van der Waals surface area contributed by atoms with Gasteiger partial charge in [0.05, 0.1) is 18.6 Å². The van der Waals surface area contributed by atoms with Crippen molar-refractivity contribution in [2.75, 3.05) is 29.0 Å². The van der Waals surface area contributed by atoms with Gasteiger partial charge >= 0.3 is 0 Å². The summed E-state index contributed by atoms with van der Waals surface area (Å²) in [6.07, 6.45) is 0.574. The summed E-state index contributed by atoms with van der Waals surface area (Å²) in [6.45, 7) is 4.35. The summed E-state index contributed by atoms with van der Waals surface area (Å²) in [5, 5.41) is 2.83. The van der Waals surface area contributed by atoms with E-state index in [-0.39, 0.29) is 11.7 Å².